The largest absolute Gasteiger partial charge is 0.488 e. The predicted octanol–water partition coefficient (Wildman–Crippen LogP) is 4.24. The van der Waals surface area contributed by atoms with Gasteiger partial charge in [0.2, 0.25) is 0 Å². The summed E-state index contributed by atoms with van der Waals surface area (Å²) in [6.07, 6.45) is -1.17. The van der Waals surface area contributed by atoms with Crippen molar-refractivity contribution in [1.82, 2.24) is 9.78 Å². The highest BCUT2D eigenvalue weighted by Gasteiger charge is 2.34. The summed E-state index contributed by atoms with van der Waals surface area (Å²) in [7, 11) is 0. The van der Waals surface area contributed by atoms with Gasteiger partial charge in [-0.3, -0.25) is 4.68 Å². The molecule has 0 radical (unpaired) electrons. The number of ether oxygens (including phenoxy) is 1. The van der Waals surface area contributed by atoms with Gasteiger partial charge in [-0.25, -0.2) is 0 Å². The summed E-state index contributed by atoms with van der Waals surface area (Å²) >= 11 is 5.57. The van der Waals surface area contributed by atoms with Crippen molar-refractivity contribution in [1.29, 1.82) is 0 Å². The minimum Gasteiger partial charge on any atom is -0.488 e. The second kappa shape index (κ2) is 6.39. The molecule has 0 amide bonds. The van der Waals surface area contributed by atoms with Gasteiger partial charge in [0, 0.05) is 24.2 Å². The van der Waals surface area contributed by atoms with Crippen molar-refractivity contribution in [3.63, 3.8) is 0 Å². The smallest absolute Gasteiger partial charge is 0.419 e. The molecule has 0 saturated carbocycles. The molecule has 0 atom stereocenters. The highest BCUT2D eigenvalue weighted by molar-refractivity contribution is 6.17. The zero-order chi connectivity index (χ0) is 15.5. The lowest BCUT2D eigenvalue weighted by Gasteiger charge is -2.14. The predicted molar refractivity (Wildman–Crippen MR) is 73.2 cm³/mol. The summed E-state index contributed by atoms with van der Waals surface area (Å²) in [4.78, 5) is 0. The Labute approximate surface area is 125 Å². The van der Waals surface area contributed by atoms with Gasteiger partial charge in [-0.15, -0.1) is 11.6 Å². The first kappa shape index (κ1) is 15.7. The molecule has 7 heteroatoms. The normalized spacial score (nSPS) is 11.7. The number of nitrogens with zero attached hydrogens (tertiary/aromatic N) is 2. The molecule has 1 aromatic heterocycles. The first-order valence-electron chi connectivity index (χ1n) is 6.34. The van der Waals surface area contributed by atoms with Crippen molar-refractivity contribution < 1.29 is 17.9 Å². The molecule has 0 N–H and O–H groups in total. The van der Waals surface area contributed by atoms with Crippen molar-refractivity contribution >= 4 is 11.6 Å². The Morgan fingerprint density at radius 1 is 1.29 bits per heavy atom. The first-order chi connectivity index (χ1) is 9.94. The number of hydrogen-bond acceptors (Lipinski definition) is 2. The number of rotatable bonds is 5. The minimum atomic E-state index is -4.48. The van der Waals surface area contributed by atoms with E-state index in [1.54, 1.807) is 17.1 Å². The molecule has 0 unspecified atom stereocenters. The van der Waals surface area contributed by atoms with Gasteiger partial charge in [0.05, 0.1) is 11.8 Å². The fourth-order valence-corrected chi connectivity index (χ4v) is 1.99. The van der Waals surface area contributed by atoms with Gasteiger partial charge in [-0.05, 0) is 24.6 Å². The van der Waals surface area contributed by atoms with E-state index in [1.165, 1.54) is 12.1 Å². The number of aryl methyl sites for hydroxylation is 1. The number of aromatic nitrogens is 2. The van der Waals surface area contributed by atoms with E-state index in [9.17, 15) is 13.2 Å². The quantitative estimate of drug-likeness (QED) is 0.771. The lowest BCUT2D eigenvalue weighted by Crippen LogP contribution is -2.09. The standard InChI is InChI=1S/C14H14ClF3N2O/c1-2-20-8-11(7-19-20)9-21-13-4-3-10(6-15)5-12(13)14(16,17)18/h3-5,7-8H,2,6,9H2,1H3. The fourth-order valence-electron chi connectivity index (χ4n) is 1.82. The average molecular weight is 319 g/mol. The number of hydrogen-bond donors (Lipinski definition) is 0. The molecule has 1 aromatic carbocycles. The van der Waals surface area contributed by atoms with E-state index in [0.29, 0.717) is 17.7 Å². The van der Waals surface area contributed by atoms with Gasteiger partial charge < -0.3 is 4.74 Å². The van der Waals surface area contributed by atoms with Crippen LogP contribution in [0.4, 0.5) is 13.2 Å². The zero-order valence-corrected chi connectivity index (χ0v) is 12.1. The molecule has 2 rings (SSSR count). The molecule has 0 aliphatic rings. The summed E-state index contributed by atoms with van der Waals surface area (Å²) < 4.78 is 46.0. The Kier molecular flexibility index (Phi) is 4.77. The van der Waals surface area contributed by atoms with E-state index in [0.717, 1.165) is 6.07 Å². The van der Waals surface area contributed by atoms with Crippen LogP contribution >= 0.6 is 11.6 Å². The maximum absolute atomic E-state index is 13.0. The van der Waals surface area contributed by atoms with Crippen molar-refractivity contribution in [2.24, 2.45) is 0 Å². The third kappa shape index (κ3) is 3.91. The van der Waals surface area contributed by atoms with Crippen LogP contribution in [0.5, 0.6) is 5.75 Å². The highest BCUT2D eigenvalue weighted by Crippen LogP contribution is 2.37. The van der Waals surface area contributed by atoms with E-state index in [4.69, 9.17) is 16.3 Å². The fraction of sp³-hybridized carbons (Fsp3) is 0.357. The van der Waals surface area contributed by atoms with Gasteiger partial charge in [0.15, 0.2) is 0 Å². The van der Waals surface area contributed by atoms with Crippen molar-refractivity contribution in [3.05, 3.63) is 47.3 Å². The second-order valence-electron chi connectivity index (χ2n) is 4.45. The van der Waals surface area contributed by atoms with Gasteiger partial charge in [0.25, 0.3) is 0 Å². The molecule has 114 valence electrons. The Morgan fingerprint density at radius 3 is 2.62 bits per heavy atom. The average Bonchev–Trinajstić information content (AvgIpc) is 2.92. The number of benzene rings is 1. The third-order valence-corrected chi connectivity index (χ3v) is 3.22. The third-order valence-electron chi connectivity index (χ3n) is 2.91. The summed E-state index contributed by atoms with van der Waals surface area (Å²) in [5, 5.41) is 4.04. The molecule has 0 bridgehead atoms. The molecule has 0 fully saturated rings. The monoisotopic (exact) mass is 318 g/mol. The topological polar surface area (TPSA) is 27.1 Å². The lowest BCUT2D eigenvalue weighted by molar-refractivity contribution is -0.139. The van der Waals surface area contributed by atoms with Crippen LogP contribution in [0.3, 0.4) is 0 Å². The van der Waals surface area contributed by atoms with Crippen LogP contribution in [-0.4, -0.2) is 9.78 Å². The molecule has 2 aromatic rings. The van der Waals surface area contributed by atoms with Crippen LogP contribution in [0, 0.1) is 0 Å². The lowest BCUT2D eigenvalue weighted by atomic mass is 10.1. The van der Waals surface area contributed by atoms with E-state index in [-0.39, 0.29) is 18.2 Å². The Morgan fingerprint density at radius 2 is 2.05 bits per heavy atom. The van der Waals surface area contributed by atoms with Crippen LogP contribution in [0.25, 0.3) is 0 Å². The highest BCUT2D eigenvalue weighted by atomic mass is 35.5. The first-order valence-corrected chi connectivity index (χ1v) is 6.87. The minimum absolute atomic E-state index is 0.0205. The molecular weight excluding hydrogens is 305 g/mol. The van der Waals surface area contributed by atoms with Crippen LogP contribution in [0.1, 0.15) is 23.6 Å². The maximum Gasteiger partial charge on any atom is 0.419 e. The van der Waals surface area contributed by atoms with Gasteiger partial charge in [-0.1, -0.05) is 6.07 Å². The van der Waals surface area contributed by atoms with Crippen molar-refractivity contribution in [3.8, 4) is 5.75 Å². The second-order valence-corrected chi connectivity index (χ2v) is 4.72. The van der Waals surface area contributed by atoms with Gasteiger partial charge >= 0.3 is 6.18 Å². The van der Waals surface area contributed by atoms with Crippen molar-refractivity contribution in [2.75, 3.05) is 0 Å². The molecular formula is C14H14ClF3N2O. The van der Waals surface area contributed by atoms with E-state index in [2.05, 4.69) is 5.10 Å². The number of halogens is 4. The molecule has 1 heterocycles. The molecule has 0 aliphatic carbocycles. The summed E-state index contributed by atoms with van der Waals surface area (Å²) in [6, 6.07) is 3.83. The van der Waals surface area contributed by atoms with Crippen LogP contribution in [-0.2, 0) is 25.2 Å². The molecule has 0 aliphatic heterocycles. The molecule has 3 nitrogen and oxygen atoms in total. The summed E-state index contributed by atoms with van der Waals surface area (Å²) in [5.41, 5.74) is 0.296. The molecule has 21 heavy (non-hydrogen) atoms. The van der Waals surface area contributed by atoms with E-state index in [1.807, 2.05) is 6.92 Å². The van der Waals surface area contributed by atoms with E-state index >= 15 is 0 Å². The molecule has 0 saturated heterocycles. The van der Waals surface area contributed by atoms with Crippen LogP contribution in [0.15, 0.2) is 30.6 Å². The van der Waals surface area contributed by atoms with E-state index < -0.39 is 11.7 Å². The summed E-state index contributed by atoms with van der Waals surface area (Å²) in [5.74, 6) is -0.187. The zero-order valence-electron chi connectivity index (χ0n) is 11.3. The van der Waals surface area contributed by atoms with Crippen LogP contribution in [0.2, 0.25) is 0 Å². The summed E-state index contributed by atoms with van der Waals surface area (Å²) in [6.45, 7) is 2.64. The molecule has 0 spiro atoms. The van der Waals surface area contributed by atoms with Crippen LogP contribution < -0.4 is 4.74 Å². The van der Waals surface area contributed by atoms with Gasteiger partial charge in [-0.2, -0.15) is 18.3 Å². The van der Waals surface area contributed by atoms with Crippen molar-refractivity contribution in [2.45, 2.75) is 32.1 Å². The Bertz CT molecular complexity index is 611. The SMILES string of the molecule is CCn1cc(COc2ccc(CCl)cc2C(F)(F)F)cn1. The number of alkyl halides is 4. The Balaban J connectivity index is 2.19. The van der Waals surface area contributed by atoms with Gasteiger partial charge in [0.1, 0.15) is 12.4 Å². The maximum atomic E-state index is 13.0. The Hall–Kier alpha value is -1.69.